The molecule has 1 aliphatic carbocycles. The van der Waals surface area contributed by atoms with Crippen molar-refractivity contribution < 1.29 is 4.79 Å². The van der Waals surface area contributed by atoms with Crippen molar-refractivity contribution in [2.75, 3.05) is 6.54 Å². The van der Waals surface area contributed by atoms with Crippen molar-refractivity contribution in [1.82, 2.24) is 14.9 Å². The average molecular weight is 283 g/mol. The highest BCUT2D eigenvalue weighted by Crippen LogP contribution is 2.38. The number of aromatic nitrogens is 2. The molecule has 2 heterocycles. The van der Waals surface area contributed by atoms with Crippen molar-refractivity contribution >= 4 is 5.91 Å². The Balaban J connectivity index is 1.58. The van der Waals surface area contributed by atoms with Crippen molar-refractivity contribution in [1.29, 1.82) is 0 Å². The Hall–Kier alpha value is -2.10. The third-order valence-corrected chi connectivity index (χ3v) is 4.10. The zero-order chi connectivity index (χ0) is 14.8. The Morgan fingerprint density at radius 1 is 1.43 bits per heavy atom. The monoisotopic (exact) mass is 283 g/mol. The minimum atomic E-state index is -0.0564. The number of pyridine rings is 1. The first kappa shape index (κ1) is 13.9. The molecule has 0 radical (unpaired) electrons. The Labute approximate surface area is 125 Å². The van der Waals surface area contributed by atoms with Crippen LogP contribution in [0.5, 0.6) is 0 Å². The van der Waals surface area contributed by atoms with E-state index in [-0.39, 0.29) is 5.91 Å². The molecule has 21 heavy (non-hydrogen) atoms. The van der Waals surface area contributed by atoms with Crippen LogP contribution in [0.4, 0.5) is 0 Å². The molecule has 2 aromatic rings. The first-order valence-corrected chi connectivity index (χ1v) is 7.52. The van der Waals surface area contributed by atoms with Crippen LogP contribution >= 0.6 is 0 Å². The van der Waals surface area contributed by atoms with Gasteiger partial charge in [-0.2, -0.15) is 0 Å². The number of carbonyl (C=O) groups excluding carboxylic acids is 1. The fourth-order valence-corrected chi connectivity index (χ4v) is 2.90. The fraction of sp³-hybridized carbons (Fsp3) is 0.412. The Bertz CT molecular complexity index is 642. The quantitative estimate of drug-likeness (QED) is 0.917. The molecule has 110 valence electrons. The van der Waals surface area contributed by atoms with Gasteiger partial charge in [-0.1, -0.05) is 0 Å². The van der Waals surface area contributed by atoms with Gasteiger partial charge in [-0.05, 0) is 56.9 Å². The zero-order valence-electron chi connectivity index (χ0n) is 12.6. The van der Waals surface area contributed by atoms with Crippen LogP contribution in [-0.2, 0) is 6.42 Å². The van der Waals surface area contributed by atoms with Gasteiger partial charge in [-0.25, -0.2) is 0 Å². The Morgan fingerprint density at radius 2 is 2.24 bits per heavy atom. The van der Waals surface area contributed by atoms with Gasteiger partial charge in [-0.3, -0.25) is 9.78 Å². The lowest BCUT2D eigenvalue weighted by Crippen LogP contribution is -2.25. The van der Waals surface area contributed by atoms with Crippen LogP contribution in [0.1, 0.15) is 46.2 Å². The summed E-state index contributed by atoms with van der Waals surface area (Å²) in [6.07, 6.45) is 6.73. The summed E-state index contributed by atoms with van der Waals surface area (Å²) >= 11 is 0. The van der Waals surface area contributed by atoms with E-state index in [9.17, 15) is 4.79 Å². The average Bonchev–Trinajstić information content (AvgIpc) is 3.27. The van der Waals surface area contributed by atoms with Crippen LogP contribution in [0, 0.1) is 13.8 Å². The summed E-state index contributed by atoms with van der Waals surface area (Å²) in [6, 6.07) is 6.52. The largest absolute Gasteiger partial charge is 0.352 e. The van der Waals surface area contributed by atoms with Gasteiger partial charge < -0.3 is 9.88 Å². The SMILES string of the molecule is Cc1cc(CCNC(=O)c2cccnc2)c(C)n1C1CC1. The normalized spacial score (nSPS) is 14.2. The molecule has 4 heteroatoms. The lowest BCUT2D eigenvalue weighted by Gasteiger charge is -2.08. The van der Waals surface area contributed by atoms with E-state index in [4.69, 9.17) is 0 Å². The lowest BCUT2D eigenvalue weighted by atomic mass is 10.1. The van der Waals surface area contributed by atoms with Crippen LogP contribution in [0.15, 0.2) is 30.6 Å². The van der Waals surface area contributed by atoms with Crippen molar-refractivity contribution in [3.63, 3.8) is 0 Å². The molecule has 0 aromatic carbocycles. The molecular weight excluding hydrogens is 262 g/mol. The van der Waals surface area contributed by atoms with Gasteiger partial charge in [0.15, 0.2) is 0 Å². The maximum atomic E-state index is 12.0. The molecular formula is C17H21N3O. The molecule has 1 fully saturated rings. The minimum absolute atomic E-state index is 0.0564. The summed E-state index contributed by atoms with van der Waals surface area (Å²) in [7, 11) is 0. The summed E-state index contributed by atoms with van der Waals surface area (Å²) in [5.41, 5.74) is 4.64. The topological polar surface area (TPSA) is 46.9 Å². The minimum Gasteiger partial charge on any atom is -0.352 e. The molecule has 0 atom stereocenters. The third-order valence-electron chi connectivity index (χ3n) is 4.10. The van der Waals surface area contributed by atoms with Gasteiger partial charge in [0.2, 0.25) is 0 Å². The molecule has 0 spiro atoms. The summed E-state index contributed by atoms with van der Waals surface area (Å²) < 4.78 is 2.44. The molecule has 0 bridgehead atoms. The van der Waals surface area contributed by atoms with Crippen LogP contribution in [0.25, 0.3) is 0 Å². The molecule has 2 aromatic heterocycles. The van der Waals surface area contributed by atoms with E-state index >= 15 is 0 Å². The second-order valence-electron chi connectivity index (χ2n) is 5.75. The first-order valence-electron chi connectivity index (χ1n) is 7.52. The maximum Gasteiger partial charge on any atom is 0.252 e. The number of hydrogen-bond donors (Lipinski definition) is 1. The molecule has 1 amide bonds. The van der Waals surface area contributed by atoms with Crippen molar-refractivity contribution in [3.8, 4) is 0 Å². The number of carbonyl (C=O) groups is 1. The van der Waals surface area contributed by atoms with E-state index in [0.717, 1.165) is 6.42 Å². The fourth-order valence-electron chi connectivity index (χ4n) is 2.90. The van der Waals surface area contributed by atoms with Gasteiger partial charge in [0.1, 0.15) is 0 Å². The second kappa shape index (κ2) is 5.72. The third kappa shape index (κ3) is 2.99. The van der Waals surface area contributed by atoms with Gasteiger partial charge in [0, 0.05) is 36.4 Å². The standard InChI is InChI=1S/C17H21N3O/c1-12-10-14(13(2)20(12)16-5-6-16)7-9-19-17(21)15-4-3-8-18-11-15/h3-4,8,10-11,16H,5-7,9H2,1-2H3,(H,19,21). The molecule has 1 aliphatic rings. The maximum absolute atomic E-state index is 12.0. The van der Waals surface area contributed by atoms with Gasteiger partial charge in [0.25, 0.3) is 5.91 Å². The molecule has 0 aliphatic heterocycles. The smallest absolute Gasteiger partial charge is 0.252 e. The molecule has 4 nitrogen and oxygen atoms in total. The second-order valence-corrected chi connectivity index (χ2v) is 5.75. The van der Waals surface area contributed by atoms with Crippen molar-refractivity contribution in [3.05, 3.63) is 53.1 Å². The molecule has 3 rings (SSSR count). The number of nitrogens with zero attached hydrogens (tertiary/aromatic N) is 2. The van der Waals surface area contributed by atoms with E-state index in [0.29, 0.717) is 18.2 Å². The molecule has 0 unspecified atom stereocenters. The predicted octanol–water partition coefficient (Wildman–Crippen LogP) is 2.81. The summed E-state index contributed by atoms with van der Waals surface area (Å²) in [5, 5.41) is 2.96. The van der Waals surface area contributed by atoms with Gasteiger partial charge in [-0.15, -0.1) is 0 Å². The van der Waals surface area contributed by atoms with E-state index < -0.39 is 0 Å². The number of aryl methyl sites for hydroxylation is 1. The molecule has 1 N–H and O–H groups in total. The zero-order valence-corrected chi connectivity index (χ0v) is 12.6. The predicted molar refractivity (Wildman–Crippen MR) is 82.5 cm³/mol. The highest BCUT2D eigenvalue weighted by Gasteiger charge is 2.26. The van der Waals surface area contributed by atoms with E-state index in [1.54, 1.807) is 24.5 Å². The number of hydrogen-bond acceptors (Lipinski definition) is 2. The summed E-state index contributed by atoms with van der Waals surface area (Å²) in [6.45, 7) is 5.01. The number of nitrogens with one attached hydrogen (secondary N) is 1. The Morgan fingerprint density at radius 3 is 2.90 bits per heavy atom. The number of amides is 1. The number of rotatable bonds is 5. The highest BCUT2D eigenvalue weighted by molar-refractivity contribution is 5.93. The summed E-state index contributed by atoms with van der Waals surface area (Å²) in [5.74, 6) is -0.0564. The highest BCUT2D eigenvalue weighted by atomic mass is 16.1. The van der Waals surface area contributed by atoms with Gasteiger partial charge >= 0.3 is 0 Å². The van der Waals surface area contributed by atoms with Crippen molar-refractivity contribution in [2.24, 2.45) is 0 Å². The van der Waals surface area contributed by atoms with Crippen LogP contribution in [0.3, 0.4) is 0 Å². The summed E-state index contributed by atoms with van der Waals surface area (Å²) in [4.78, 5) is 15.9. The molecule has 0 saturated heterocycles. The lowest BCUT2D eigenvalue weighted by molar-refractivity contribution is 0.0953. The van der Waals surface area contributed by atoms with Crippen molar-refractivity contribution in [2.45, 2.75) is 39.2 Å². The van der Waals surface area contributed by atoms with E-state index in [1.807, 2.05) is 0 Å². The van der Waals surface area contributed by atoms with Crippen LogP contribution < -0.4 is 5.32 Å². The first-order chi connectivity index (χ1) is 10.2. The van der Waals surface area contributed by atoms with Gasteiger partial charge in [0.05, 0.1) is 5.56 Å². The van der Waals surface area contributed by atoms with E-state index in [1.165, 1.54) is 29.8 Å². The van der Waals surface area contributed by atoms with E-state index in [2.05, 4.69) is 34.8 Å². The Kier molecular flexibility index (Phi) is 3.78. The van der Waals surface area contributed by atoms with Crippen LogP contribution in [-0.4, -0.2) is 22.0 Å². The van der Waals surface area contributed by atoms with Crippen LogP contribution in [0.2, 0.25) is 0 Å². The molecule has 1 saturated carbocycles.